The van der Waals surface area contributed by atoms with Crippen molar-refractivity contribution < 1.29 is 19.9 Å². The number of hydrogen-bond acceptors (Lipinski definition) is 4. The van der Waals surface area contributed by atoms with Crippen molar-refractivity contribution in [3.05, 3.63) is 76.3 Å². The van der Waals surface area contributed by atoms with Crippen LogP contribution >= 0.6 is 11.6 Å². The lowest BCUT2D eigenvalue weighted by molar-refractivity contribution is -0.122. The first-order valence-corrected chi connectivity index (χ1v) is 6.82. The number of carbonyl (C=O) groups is 2. The van der Waals surface area contributed by atoms with Crippen LogP contribution < -0.4 is 0 Å². The number of allylic oxidation sites excluding steroid dienone is 1. The maximum Gasteiger partial charge on any atom is 0.290 e. The van der Waals surface area contributed by atoms with Crippen LogP contribution in [0.25, 0.3) is 6.08 Å². The van der Waals surface area contributed by atoms with Gasteiger partial charge in [0.05, 0.1) is 6.21 Å². The van der Waals surface area contributed by atoms with Gasteiger partial charge in [-0.3, -0.25) is 9.59 Å². The molecule has 0 radical (unpaired) electrons. The van der Waals surface area contributed by atoms with Gasteiger partial charge >= 0.3 is 0 Å². The Morgan fingerprint density at radius 1 is 1.04 bits per heavy atom. The number of carboxylic acid groups (broad SMARTS) is 1. The Labute approximate surface area is 138 Å². The molecule has 0 amide bonds. The van der Waals surface area contributed by atoms with E-state index in [0.29, 0.717) is 16.2 Å². The molecule has 0 spiro atoms. The zero-order chi connectivity index (χ0) is 17.1. The zero-order valence-electron chi connectivity index (χ0n) is 12.0. The molecule has 0 aliphatic heterocycles. The molecule has 2 rings (SSSR count). The number of Topliss-reactive ketones (excluding diaryl/α,β-unsaturated/α-hetero) is 1. The summed E-state index contributed by atoms with van der Waals surface area (Å²) in [5.41, 5.74) is 1.63. The van der Waals surface area contributed by atoms with E-state index in [2.05, 4.69) is 5.16 Å². The van der Waals surface area contributed by atoms with Crippen LogP contribution in [0.2, 0.25) is 5.02 Å². The van der Waals surface area contributed by atoms with E-state index in [9.17, 15) is 4.79 Å². The fraction of sp³-hybridized carbons (Fsp3) is 0. The number of carbonyl (C=O) groups excluding carboxylic acids is 1. The highest BCUT2D eigenvalue weighted by Crippen LogP contribution is 2.14. The molecule has 0 atom stereocenters. The van der Waals surface area contributed by atoms with Gasteiger partial charge in [-0.05, 0) is 23.8 Å². The Hall–Kier alpha value is -2.92. The number of ketones is 1. The molecule has 118 valence electrons. The molecule has 0 aliphatic rings. The van der Waals surface area contributed by atoms with Gasteiger partial charge in [-0.1, -0.05) is 59.2 Å². The maximum atomic E-state index is 12.3. The average Bonchev–Trinajstić information content (AvgIpc) is 2.57. The van der Waals surface area contributed by atoms with Crippen molar-refractivity contribution in [2.75, 3.05) is 0 Å². The predicted octanol–water partition coefficient (Wildman–Crippen LogP) is 3.77. The largest absolute Gasteiger partial charge is 0.483 e. The third-order valence-electron chi connectivity index (χ3n) is 2.69. The number of benzene rings is 2. The summed E-state index contributed by atoms with van der Waals surface area (Å²) in [6.45, 7) is -0.250. The number of halogens is 1. The quantitative estimate of drug-likeness (QED) is 0.223. The van der Waals surface area contributed by atoms with E-state index in [1.165, 1.54) is 0 Å². The molecule has 0 saturated carbocycles. The second kappa shape index (κ2) is 9.92. The smallest absolute Gasteiger partial charge is 0.290 e. The highest BCUT2D eigenvalue weighted by molar-refractivity contribution is 6.30. The van der Waals surface area contributed by atoms with E-state index in [-0.39, 0.29) is 12.3 Å². The number of rotatable bonds is 4. The molecule has 2 N–H and O–H groups in total. The van der Waals surface area contributed by atoms with Gasteiger partial charge in [-0.2, -0.15) is 0 Å². The van der Waals surface area contributed by atoms with Gasteiger partial charge in [0.25, 0.3) is 6.47 Å². The summed E-state index contributed by atoms with van der Waals surface area (Å²) in [6.07, 6.45) is 2.77. The van der Waals surface area contributed by atoms with Crippen molar-refractivity contribution >= 4 is 36.1 Å². The summed E-state index contributed by atoms with van der Waals surface area (Å²) in [6, 6.07) is 15.8. The van der Waals surface area contributed by atoms with Crippen molar-refractivity contribution in [2.24, 2.45) is 5.16 Å². The molecule has 0 aromatic heterocycles. The lowest BCUT2D eigenvalue weighted by Crippen LogP contribution is -2.04. The van der Waals surface area contributed by atoms with Gasteiger partial charge in [0.15, 0.2) is 5.78 Å². The minimum absolute atomic E-state index is 0.210. The number of nitrogens with zero attached hydrogens (tertiary/aromatic N) is 1. The van der Waals surface area contributed by atoms with Gasteiger partial charge in [0.1, 0.15) is 0 Å². The third-order valence-corrected chi connectivity index (χ3v) is 2.94. The Bertz CT molecular complexity index is 694. The SMILES string of the molecule is O=C(C(C=NO)=Cc1ccc(Cl)cc1)c1ccccc1.O=CO. The second-order valence-corrected chi connectivity index (χ2v) is 4.63. The van der Waals surface area contributed by atoms with Crippen molar-refractivity contribution in [1.82, 2.24) is 0 Å². The molecular formula is C17H14ClNO4. The van der Waals surface area contributed by atoms with Gasteiger partial charge in [-0.25, -0.2) is 0 Å². The molecule has 2 aromatic rings. The molecular weight excluding hydrogens is 318 g/mol. The minimum Gasteiger partial charge on any atom is -0.483 e. The molecule has 5 nitrogen and oxygen atoms in total. The van der Waals surface area contributed by atoms with Crippen LogP contribution in [0.5, 0.6) is 0 Å². The molecule has 0 unspecified atom stereocenters. The van der Waals surface area contributed by atoms with Crippen LogP contribution in [0.4, 0.5) is 0 Å². The van der Waals surface area contributed by atoms with Crippen LogP contribution in [-0.2, 0) is 4.79 Å². The average molecular weight is 332 g/mol. The fourth-order valence-electron chi connectivity index (χ4n) is 1.72. The van der Waals surface area contributed by atoms with Crippen LogP contribution in [0.15, 0.2) is 65.3 Å². The van der Waals surface area contributed by atoms with Gasteiger partial charge in [0.2, 0.25) is 0 Å². The highest BCUT2D eigenvalue weighted by atomic mass is 35.5. The minimum atomic E-state index is -0.250. The van der Waals surface area contributed by atoms with Gasteiger partial charge in [-0.15, -0.1) is 0 Å². The summed E-state index contributed by atoms with van der Waals surface area (Å²) in [7, 11) is 0. The van der Waals surface area contributed by atoms with Crippen molar-refractivity contribution in [3.63, 3.8) is 0 Å². The summed E-state index contributed by atoms with van der Waals surface area (Å²) in [5, 5.41) is 19.2. The first-order valence-electron chi connectivity index (χ1n) is 6.44. The predicted molar refractivity (Wildman–Crippen MR) is 89.2 cm³/mol. The molecule has 0 fully saturated rings. The van der Waals surface area contributed by atoms with E-state index in [1.54, 1.807) is 54.6 Å². The lowest BCUT2D eigenvalue weighted by Gasteiger charge is -2.02. The Balaban J connectivity index is 0.000000816. The molecule has 2 aromatic carbocycles. The van der Waals surface area contributed by atoms with Crippen molar-refractivity contribution in [2.45, 2.75) is 0 Å². The first kappa shape index (κ1) is 18.1. The van der Waals surface area contributed by atoms with Crippen LogP contribution in [-0.4, -0.2) is 28.8 Å². The summed E-state index contributed by atoms with van der Waals surface area (Å²) in [4.78, 5) is 20.7. The summed E-state index contributed by atoms with van der Waals surface area (Å²) < 4.78 is 0. The molecule has 0 saturated heterocycles. The molecule has 0 aliphatic carbocycles. The molecule has 0 heterocycles. The zero-order valence-corrected chi connectivity index (χ0v) is 12.7. The maximum absolute atomic E-state index is 12.3. The van der Waals surface area contributed by atoms with Crippen molar-refractivity contribution in [1.29, 1.82) is 0 Å². The summed E-state index contributed by atoms with van der Waals surface area (Å²) >= 11 is 5.81. The normalized spacial score (nSPS) is 10.7. The standard InChI is InChI=1S/C16H12ClNO2.CH2O2/c17-15-8-6-12(7-9-15)10-14(11-18-20)16(19)13-4-2-1-3-5-13;2-1-3/h1-11,20H;1H,(H,2,3). The Morgan fingerprint density at radius 2 is 1.61 bits per heavy atom. The van der Waals surface area contributed by atoms with Crippen LogP contribution in [0.1, 0.15) is 15.9 Å². The van der Waals surface area contributed by atoms with E-state index < -0.39 is 0 Å². The Morgan fingerprint density at radius 3 is 2.13 bits per heavy atom. The van der Waals surface area contributed by atoms with E-state index >= 15 is 0 Å². The lowest BCUT2D eigenvalue weighted by atomic mass is 10.0. The third kappa shape index (κ3) is 6.15. The summed E-state index contributed by atoms with van der Waals surface area (Å²) in [5.74, 6) is -0.210. The van der Waals surface area contributed by atoms with Crippen LogP contribution in [0.3, 0.4) is 0 Å². The van der Waals surface area contributed by atoms with E-state index in [4.69, 9.17) is 26.7 Å². The fourth-order valence-corrected chi connectivity index (χ4v) is 1.84. The topological polar surface area (TPSA) is 87.0 Å². The monoisotopic (exact) mass is 331 g/mol. The van der Waals surface area contributed by atoms with E-state index in [1.807, 2.05) is 6.07 Å². The van der Waals surface area contributed by atoms with Crippen LogP contribution in [0, 0.1) is 0 Å². The Kier molecular flexibility index (Phi) is 7.82. The van der Waals surface area contributed by atoms with Gasteiger partial charge in [0, 0.05) is 16.2 Å². The van der Waals surface area contributed by atoms with E-state index in [0.717, 1.165) is 11.8 Å². The molecule has 6 heteroatoms. The second-order valence-electron chi connectivity index (χ2n) is 4.20. The first-order chi connectivity index (χ1) is 11.1. The molecule has 23 heavy (non-hydrogen) atoms. The molecule has 0 bridgehead atoms. The van der Waals surface area contributed by atoms with Gasteiger partial charge < -0.3 is 10.3 Å². The number of oxime groups is 1. The number of hydrogen-bond donors (Lipinski definition) is 2. The highest BCUT2D eigenvalue weighted by Gasteiger charge is 2.10. The van der Waals surface area contributed by atoms with Crippen molar-refractivity contribution in [3.8, 4) is 0 Å².